The van der Waals surface area contributed by atoms with Crippen molar-refractivity contribution >= 4 is 28.8 Å². The first-order valence-electron chi connectivity index (χ1n) is 4.19. The summed E-state index contributed by atoms with van der Waals surface area (Å²) >= 11 is 2.21. The van der Waals surface area contributed by atoms with Gasteiger partial charge < -0.3 is 10.7 Å². The molecule has 1 aromatic rings. The first-order valence-corrected chi connectivity index (χ1v) is 5.27. The van der Waals surface area contributed by atoms with Gasteiger partial charge in [0.05, 0.1) is 11.8 Å². The number of nitrogens with zero attached hydrogens (tertiary/aromatic N) is 3. The van der Waals surface area contributed by atoms with Gasteiger partial charge in [0.15, 0.2) is 0 Å². The van der Waals surface area contributed by atoms with Crippen LogP contribution in [0.1, 0.15) is 5.56 Å². The van der Waals surface area contributed by atoms with Gasteiger partial charge in [-0.25, -0.2) is 0 Å². The highest BCUT2D eigenvalue weighted by atomic mass is 127. The van der Waals surface area contributed by atoms with Gasteiger partial charge in [0, 0.05) is 31.6 Å². The maximum Gasteiger partial charge on any atom is 0.104 e. The van der Waals surface area contributed by atoms with Crippen molar-refractivity contribution in [3.05, 3.63) is 27.2 Å². The molecule has 1 rings (SSSR count). The Kier molecular flexibility index (Phi) is 4.30. The van der Waals surface area contributed by atoms with E-state index in [0.29, 0.717) is 12.1 Å². The van der Waals surface area contributed by atoms with Gasteiger partial charge in [-0.15, -0.1) is 0 Å². The summed E-state index contributed by atoms with van der Waals surface area (Å²) in [6.45, 7) is 0.602. The molecule has 0 radical (unpaired) electrons. The number of rotatable bonds is 4. The van der Waals surface area contributed by atoms with Crippen LogP contribution in [0.4, 0.5) is 0 Å². The molecule has 78 valence electrons. The molecule has 0 spiro atoms. The first-order chi connectivity index (χ1) is 7.19. The van der Waals surface area contributed by atoms with Gasteiger partial charge in [0.1, 0.15) is 9.77 Å². The minimum Gasteiger partial charge on any atom is -0.386 e. The van der Waals surface area contributed by atoms with Crippen LogP contribution in [0.15, 0.2) is 18.0 Å². The normalized spacial score (nSPS) is 10.9. The van der Waals surface area contributed by atoms with E-state index in [1.54, 1.807) is 10.9 Å². The maximum atomic E-state index is 8.55. The van der Waals surface area contributed by atoms with Crippen molar-refractivity contribution < 1.29 is 0 Å². The Labute approximate surface area is 101 Å². The summed E-state index contributed by atoms with van der Waals surface area (Å²) in [6, 6.07) is 1.89. The fourth-order valence-electron chi connectivity index (χ4n) is 0.964. The second-order valence-electron chi connectivity index (χ2n) is 2.82. The van der Waals surface area contributed by atoms with Crippen molar-refractivity contribution in [3.63, 3.8) is 0 Å². The zero-order valence-electron chi connectivity index (χ0n) is 8.16. The van der Waals surface area contributed by atoms with Crippen molar-refractivity contribution in [2.75, 3.05) is 0 Å². The van der Waals surface area contributed by atoms with E-state index >= 15 is 0 Å². The number of hydrogen-bond donors (Lipinski definition) is 2. The molecule has 0 aromatic carbocycles. The first kappa shape index (κ1) is 11.7. The monoisotopic (exact) mass is 315 g/mol. The third kappa shape index (κ3) is 3.06. The summed E-state index contributed by atoms with van der Waals surface area (Å²) < 4.78 is 2.84. The third-order valence-corrected chi connectivity index (χ3v) is 3.16. The Morgan fingerprint density at radius 2 is 2.60 bits per heavy atom. The SMILES string of the molecule is Cn1ncc(CN/C=C(/C#N)C=N)c1I. The topological polar surface area (TPSA) is 77.5 Å². The maximum absolute atomic E-state index is 8.55. The zero-order valence-corrected chi connectivity index (χ0v) is 10.3. The van der Waals surface area contributed by atoms with E-state index in [1.165, 1.54) is 6.20 Å². The van der Waals surface area contributed by atoms with Crippen LogP contribution in [0.5, 0.6) is 0 Å². The summed E-state index contributed by atoms with van der Waals surface area (Å²) in [5, 5.41) is 22.5. The Morgan fingerprint density at radius 3 is 3.07 bits per heavy atom. The van der Waals surface area contributed by atoms with Crippen LogP contribution in [0, 0.1) is 20.4 Å². The van der Waals surface area contributed by atoms with Crippen LogP contribution in [0.25, 0.3) is 0 Å². The smallest absolute Gasteiger partial charge is 0.104 e. The molecule has 1 aromatic heterocycles. The molecule has 0 bridgehead atoms. The van der Waals surface area contributed by atoms with Gasteiger partial charge in [0.25, 0.3) is 0 Å². The Hall–Kier alpha value is -1.36. The number of hydrogen-bond acceptors (Lipinski definition) is 4. The van der Waals surface area contributed by atoms with Gasteiger partial charge in [-0.05, 0) is 22.6 Å². The summed E-state index contributed by atoms with van der Waals surface area (Å²) in [5.74, 6) is 0. The van der Waals surface area contributed by atoms with Gasteiger partial charge in [-0.3, -0.25) is 4.68 Å². The fraction of sp³-hybridized carbons (Fsp3) is 0.222. The second kappa shape index (κ2) is 5.50. The molecule has 6 heteroatoms. The molecule has 0 aliphatic rings. The highest BCUT2D eigenvalue weighted by molar-refractivity contribution is 14.1. The lowest BCUT2D eigenvalue weighted by Gasteiger charge is -1.99. The fourth-order valence-corrected chi connectivity index (χ4v) is 1.42. The Bertz CT molecular complexity index is 426. The highest BCUT2D eigenvalue weighted by Gasteiger charge is 2.03. The molecule has 15 heavy (non-hydrogen) atoms. The molecule has 5 nitrogen and oxygen atoms in total. The minimum absolute atomic E-state index is 0.300. The molecule has 0 amide bonds. The molecule has 0 atom stereocenters. The lowest BCUT2D eigenvalue weighted by molar-refractivity contribution is 0.743. The van der Waals surface area contributed by atoms with Crippen LogP contribution in [-0.2, 0) is 13.6 Å². The van der Waals surface area contributed by atoms with Gasteiger partial charge in [-0.2, -0.15) is 10.4 Å². The van der Waals surface area contributed by atoms with Crippen LogP contribution >= 0.6 is 22.6 Å². The number of aryl methyl sites for hydroxylation is 1. The molecule has 1 heterocycles. The second-order valence-corrected chi connectivity index (χ2v) is 3.84. The number of allylic oxidation sites excluding steroid dienone is 1. The molecule has 0 fully saturated rings. The molecular formula is C9H10IN5. The van der Waals surface area contributed by atoms with E-state index < -0.39 is 0 Å². The third-order valence-electron chi connectivity index (χ3n) is 1.77. The lowest BCUT2D eigenvalue weighted by Crippen LogP contribution is -2.07. The average molecular weight is 315 g/mol. The standard InChI is InChI=1S/C9H10IN5/c1-15-9(10)8(6-14-15)5-13-4-7(2-11)3-12/h2,4,6,11,13H,5H2,1H3/b7-4+,11-2?. The van der Waals surface area contributed by atoms with Crippen LogP contribution in [0.3, 0.4) is 0 Å². The van der Waals surface area contributed by atoms with E-state index in [-0.39, 0.29) is 0 Å². The lowest BCUT2D eigenvalue weighted by atomic mass is 10.3. The predicted octanol–water partition coefficient (Wildman–Crippen LogP) is 1.17. The molecule has 0 aliphatic carbocycles. The van der Waals surface area contributed by atoms with Crippen LogP contribution < -0.4 is 5.32 Å². The highest BCUT2D eigenvalue weighted by Crippen LogP contribution is 2.09. The molecule has 0 saturated heterocycles. The van der Waals surface area contributed by atoms with Crippen LogP contribution in [0.2, 0.25) is 0 Å². The quantitative estimate of drug-likeness (QED) is 0.497. The summed E-state index contributed by atoms with van der Waals surface area (Å²) in [4.78, 5) is 0. The predicted molar refractivity (Wildman–Crippen MR) is 65.2 cm³/mol. The van der Waals surface area contributed by atoms with Crippen molar-refractivity contribution in [2.24, 2.45) is 7.05 Å². The largest absolute Gasteiger partial charge is 0.386 e. The summed E-state index contributed by atoms with van der Waals surface area (Å²) in [5.41, 5.74) is 1.37. The average Bonchev–Trinajstić information content (AvgIpc) is 2.56. The summed E-state index contributed by atoms with van der Waals surface area (Å²) in [7, 11) is 1.87. The summed E-state index contributed by atoms with van der Waals surface area (Å²) in [6.07, 6.45) is 4.32. The van der Waals surface area contributed by atoms with E-state index in [0.717, 1.165) is 15.5 Å². The molecule has 0 saturated carbocycles. The molecule has 0 unspecified atom stereocenters. The number of halogens is 1. The number of nitriles is 1. The van der Waals surface area contributed by atoms with Crippen molar-refractivity contribution in [1.29, 1.82) is 10.7 Å². The molecule has 2 N–H and O–H groups in total. The van der Waals surface area contributed by atoms with E-state index in [4.69, 9.17) is 10.7 Å². The van der Waals surface area contributed by atoms with Gasteiger partial charge >= 0.3 is 0 Å². The van der Waals surface area contributed by atoms with Gasteiger partial charge in [0.2, 0.25) is 0 Å². The molecule has 0 aliphatic heterocycles. The van der Waals surface area contributed by atoms with E-state index in [2.05, 4.69) is 33.0 Å². The zero-order chi connectivity index (χ0) is 11.3. The van der Waals surface area contributed by atoms with Crippen molar-refractivity contribution in [3.8, 4) is 6.07 Å². The minimum atomic E-state index is 0.300. The van der Waals surface area contributed by atoms with Gasteiger partial charge in [-0.1, -0.05) is 0 Å². The van der Waals surface area contributed by atoms with Crippen LogP contribution in [-0.4, -0.2) is 16.0 Å². The number of aromatic nitrogens is 2. The van der Waals surface area contributed by atoms with Crippen molar-refractivity contribution in [1.82, 2.24) is 15.1 Å². The number of nitrogens with one attached hydrogen (secondary N) is 2. The Morgan fingerprint density at radius 1 is 1.87 bits per heavy atom. The molecular weight excluding hydrogens is 305 g/mol. The van der Waals surface area contributed by atoms with E-state index in [9.17, 15) is 0 Å². The van der Waals surface area contributed by atoms with E-state index in [1.807, 2.05) is 13.1 Å². The van der Waals surface area contributed by atoms with Crippen molar-refractivity contribution in [2.45, 2.75) is 6.54 Å². The Balaban J connectivity index is 2.59.